The molecular formula is C16H23NO3. The number of nitrogens with two attached hydrogens (primary N) is 1. The summed E-state index contributed by atoms with van der Waals surface area (Å²) < 4.78 is 10.2. The monoisotopic (exact) mass is 277 g/mol. The summed E-state index contributed by atoms with van der Waals surface area (Å²) >= 11 is 0. The molecule has 1 rings (SSSR count). The molecule has 0 atom stereocenters. The summed E-state index contributed by atoms with van der Waals surface area (Å²) in [6.07, 6.45) is 3.65. The van der Waals surface area contributed by atoms with E-state index in [4.69, 9.17) is 15.2 Å². The molecule has 0 saturated carbocycles. The molecule has 1 aromatic rings. The number of aryl methyl sites for hydroxylation is 2. The third-order valence-corrected chi connectivity index (χ3v) is 3.03. The van der Waals surface area contributed by atoms with E-state index in [9.17, 15) is 4.79 Å². The lowest BCUT2D eigenvalue weighted by molar-refractivity contribution is -0.138. The number of hydrogen-bond acceptors (Lipinski definition) is 4. The van der Waals surface area contributed by atoms with E-state index >= 15 is 0 Å². The van der Waals surface area contributed by atoms with Crippen molar-refractivity contribution >= 4 is 12.0 Å². The Morgan fingerprint density at radius 3 is 2.60 bits per heavy atom. The van der Waals surface area contributed by atoms with Gasteiger partial charge in [0.05, 0.1) is 13.7 Å². The molecule has 0 aliphatic rings. The quantitative estimate of drug-likeness (QED) is 0.641. The third kappa shape index (κ3) is 4.02. The van der Waals surface area contributed by atoms with E-state index in [1.54, 1.807) is 20.1 Å². The van der Waals surface area contributed by atoms with Crippen LogP contribution >= 0.6 is 0 Å². The number of ether oxygens (including phenoxy) is 2. The molecule has 0 bridgehead atoms. The van der Waals surface area contributed by atoms with Gasteiger partial charge in [0.1, 0.15) is 11.4 Å². The highest BCUT2D eigenvalue weighted by Crippen LogP contribution is 2.26. The van der Waals surface area contributed by atoms with Crippen molar-refractivity contribution in [2.75, 3.05) is 13.7 Å². The predicted molar refractivity (Wildman–Crippen MR) is 80.5 cm³/mol. The van der Waals surface area contributed by atoms with Gasteiger partial charge >= 0.3 is 5.97 Å². The van der Waals surface area contributed by atoms with Crippen molar-refractivity contribution in [2.45, 2.75) is 33.6 Å². The van der Waals surface area contributed by atoms with Crippen LogP contribution in [0.3, 0.4) is 0 Å². The van der Waals surface area contributed by atoms with E-state index in [1.165, 1.54) is 11.1 Å². The second-order valence-electron chi connectivity index (χ2n) is 4.59. The number of esters is 1. The van der Waals surface area contributed by atoms with E-state index in [1.807, 2.05) is 12.1 Å². The predicted octanol–water partition coefficient (Wildman–Crippen LogP) is 2.82. The molecule has 4 nitrogen and oxygen atoms in total. The minimum absolute atomic E-state index is 0.0800. The number of carbonyl (C=O) groups is 1. The zero-order valence-electron chi connectivity index (χ0n) is 12.7. The van der Waals surface area contributed by atoms with Crippen LogP contribution in [0.15, 0.2) is 17.8 Å². The van der Waals surface area contributed by atoms with Crippen molar-refractivity contribution in [3.05, 3.63) is 34.5 Å². The molecule has 0 aromatic heterocycles. The highest BCUT2D eigenvalue weighted by Gasteiger charge is 2.10. The van der Waals surface area contributed by atoms with Crippen LogP contribution in [-0.4, -0.2) is 19.7 Å². The molecule has 0 aliphatic heterocycles. The minimum Gasteiger partial charge on any atom is -0.496 e. The lowest BCUT2D eigenvalue weighted by atomic mass is 9.99. The summed E-state index contributed by atoms with van der Waals surface area (Å²) in [5.74, 6) is 0.196. The summed E-state index contributed by atoms with van der Waals surface area (Å²) in [6.45, 7) is 6.23. The first kappa shape index (κ1) is 16.1. The minimum atomic E-state index is -0.507. The first-order valence-corrected chi connectivity index (χ1v) is 6.85. The van der Waals surface area contributed by atoms with E-state index in [0.29, 0.717) is 12.4 Å². The molecule has 0 unspecified atom stereocenters. The number of hydrogen-bond donors (Lipinski definition) is 1. The maximum Gasteiger partial charge on any atom is 0.354 e. The zero-order chi connectivity index (χ0) is 15.1. The average molecular weight is 277 g/mol. The third-order valence-electron chi connectivity index (χ3n) is 3.03. The van der Waals surface area contributed by atoms with Gasteiger partial charge in [-0.1, -0.05) is 13.3 Å². The largest absolute Gasteiger partial charge is 0.496 e. The van der Waals surface area contributed by atoms with E-state index < -0.39 is 5.97 Å². The van der Waals surface area contributed by atoms with Gasteiger partial charge in [-0.05, 0) is 49.6 Å². The molecule has 4 heteroatoms. The summed E-state index contributed by atoms with van der Waals surface area (Å²) in [4.78, 5) is 11.6. The molecule has 20 heavy (non-hydrogen) atoms. The summed E-state index contributed by atoms with van der Waals surface area (Å²) in [5.41, 5.74) is 9.04. The molecule has 0 fully saturated rings. The zero-order valence-corrected chi connectivity index (χ0v) is 12.7. The van der Waals surface area contributed by atoms with Gasteiger partial charge in [0.15, 0.2) is 0 Å². The molecule has 0 saturated heterocycles. The van der Waals surface area contributed by atoms with Crippen LogP contribution < -0.4 is 10.5 Å². The molecular weight excluding hydrogens is 254 g/mol. The fourth-order valence-electron chi connectivity index (χ4n) is 2.01. The van der Waals surface area contributed by atoms with Gasteiger partial charge < -0.3 is 15.2 Å². The van der Waals surface area contributed by atoms with Crippen molar-refractivity contribution in [3.63, 3.8) is 0 Å². The van der Waals surface area contributed by atoms with Crippen LogP contribution in [-0.2, 0) is 16.0 Å². The fourth-order valence-corrected chi connectivity index (χ4v) is 2.01. The van der Waals surface area contributed by atoms with E-state index in [0.717, 1.165) is 18.4 Å². The molecule has 110 valence electrons. The number of rotatable bonds is 6. The Morgan fingerprint density at radius 2 is 2.05 bits per heavy atom. The molecule has 0 amide bonds. The Kier molecular flexibility index (Phi) is 6.10. The van der Waals surface area contributed by atoms with Crippen molar-refractivity contribution < 1.29 is 14.3 Å². The highest BCUT2D eigenvalue weighted by atomic mass is 16.5. The molecule has 2 N–H and O–H groups in total. The smallest absolute Gasteiger partial charge is 0.354 e. The molecule has 0 heterocycles. The Labute approximate surface area is 120 Å². The Morgan fingerprint density at radius 1 is 1.35 bits per heavy atom. The standard InChI is InChI=1S/C16H23NO3/c1-5-7-12-9-13(15(19-4)8-11(12)3)10-14(17)16(18)20-6-2/h8-10H,5-7,17H2,1-4H3/b14-10-. The van der Waals surface area contributed by atoms with Gasteiger partial charge in [-0.3, -0.25) is 0 Å². The SMILES string of the molecule is CCCc1cc(/C=C(\N)C(=O)OCC)c(OC)cc1C. The normalized spacial score (nSPS) is 11.3. The number of carbonyl (C=O) groups excluding carboxylic acids is 1. The fraction of sp³-hybridized carbons (Fsp3) is 0.438. The van der Waals surface area contributed by atoms with E-state index in [-0.39, 0.29) is 5.70 Å². The highest BCUT2D eigenvalue weighted by molar-refractivity contribution is 5.93. The van der Waals surface area contributed by atoms with Crippen LogP contribution in [0.25, 0.3) is 6.08 Å². The van der Waals surface area contributed by atoms with Crippen LogP contribution in [0.4, 0.5) is 0 Å². The Hall–Kier alpha value is -1.97. The average Bonchev–Trinajstić information content (AvgIpc) is 2.42. The Bertz CT molecular complexity index is 507. The maximum atomic E-state index is 11.6. The maximum absolute atomic E-state index is 11.6. The van der Waals surface area contributed by atoms with Crippen LogP contribution in [0.5, 0.6) is 5.75 Å². The molecule has 0 aliphatic carbocycles. The molecule has 1 aromatic carbocycles. The Balaban J connectivity index is 3.18. The lowest BCUT2D eigenvalue weighted by Crippen LogP contribution is -2.14. The van der Waals surface area contributed by atoms with Gasteiger partial charge in [-0.25, -0.2) is 4.79 Å². The van der Waals surface area contributed by atoms with Gasteiger partial charge in [-0.15, -0.1) is 0 Å². The number of methoxy groups -OCH3 is 1. The first-order chi connectivity index (χ1) is 9.53. The second kappa shape index (κ2) is 7.58. The van der Waals surface area contributed by atoms with Gasteiger partial charge in [0.2, 0.25) is 0 Å². The van der Waals surface area contributed by atoms with Crippen molar-refractivity contribution in [2.24, 2.45) is 5.73 Å². The van der Waals surface area contributed by atoms with Crippen molar-refractivity contribution in [1.82, 2.24) is 0 Å². The van der Waals surface area contributed by atoms with Crippen LogP contribution in [0, 0.1) is 6.92 Å². The summed E-state index contributed by atoms with van der Waals surface area (Å²) in [6, 6.07) is 3.99. The second-order valence-corrected chi connectivity index (χ2v) is 4.59. The summed E-state index contributed by atoms with van der Waals surface area (Å²) in [7, 11) is 1.60. The van der Waals surface area contributed by atoms with Gasteiger partial charge in [-0.2, -0.15) is 0 Å². The summed E-state index contributed by atoms with van der Waals surface area (Å²) in [5, 5.41) is 0. The van der Waals surface area contributed by atoms with Crippen molar-refractivity contribution in [3.8, 4) is 5.75 Å². The number of benzene rings is 1. The lowest BCUT2D eigenvalue weighted by Gasteiger charge is -2.12. The molecule has 0 radical (unpaired) electrons. The first-order valence-electron chi connectivity index (χ1n) is 6.85. The topological polar surface area (TPSA) is 61.6 Å². The van der Waals surface area contributed by atoms with Gasteiger partial charge in [0, 0.05) is 5.56 Å². The van der Waals surface area contributed by atoms with Gasteiger partial charge in [0.25, 0.3) is 0 Å². The van der Waals surface area contributed by atoms with E-state index in [2.05, 4.69) is 13.8 Å². The molecule has 0 spiro atoms. The van der Waals surface area contributed by atoms with Crippen LogP contribution in [0.1, 0.15) is 37.0 Å². The van der Waals surface area contributed by atoms with Crippen molar-refractivity contribution in [1.29, 1.82) is 0 Å². The van der Waals surface area contributed by atoms with Crippen LogP contribution in [0.2, 0.25) is 0 Å².